The van der Waals surface area contributed by atoms with Gasteiger partial charge in [-0.05, 0) is 62.8 Å². The zero-order valence-corrected chi connectivity index (χ0v) is 14.5. The van der Waals surface area contributed by atoms with E-state index in [4.69, 9.17) is 0 Å². The molecule has 0 spiro atoms. The fourth-order valence-corrected chi connectivity index (χ4v) is 3.59. The molecule has 0 amide bonds. The van der Waals surface area contributed by atoms with Crippen molar-refractivity contribution in [1.82, 2.24) is 14.9 Å². The van der Waals surface area contributed by atoms with Crippen molar-refractivity contribution in [3.05, 3.63) is 67.7 Å². The molecule has 1 unspecified atom stereocenters. The van der Waals surface area contributed by atoms with Gasteiger partial charge in [0.2, 0.25) is 0 Å². The number of piperidine rings is 1. The van der Waals surface area contributed by atoms with Crippen LogP contribution in [0.3, 0.4) is 0 Å². The van der Waals surface area contributed by atoms with Gasteiger partial charge in [-0.25, -0.2) is 9.18 Å². The lowest BCUT2D eigenvalue weighted by Gasteiger charge is -2.32. The number of aromatic nitrogens is 2. The Kier molecular flexibility index (Phi) is 5.48. The summed E-state index contributed by atoms with van der Waals surface area (Å²) in [4.78, 5) is 30.6. The number of benzene rings is 1. The average molecular weight is 345 g/mol. The Balaban J connectivity index is 1.59. The van der Waals surface area contributed by atoms with Crippen LogP contribution >= 0.6 is 0 Å². The third kappa shape index (κ3) is 4.66. The number of hydrogen-bond acceptors (Lipinski definition) is 3. The van der Waals surface area contributed by atoms with Crippen LogP contribution in [0.2, 0.25) is 0 Å². The Morgan fingerprint density at radius 1 is 1.20 bits per heavy atom. The number of nitrogens with zero attached hydrogens (tertiary/aromatic N) is 1. The predicted molar refractivity (Wildman–Crippen MR) is 95.1 cm³/mol. The van der Waals surface area contributed by atoms with Crippen LogP contribution in [0.5, 0.6) is 0 Å². The monoisotopic (exact) mass is 345 g/mol. The molecular weight excluding hydrogens is 321 g/mol. The number of H-pyrrole nitrogens is 2. The van der Waals surface area contributed by atoms with Gasteiger partial charge in [0.15, 0.2) is 0 Å². The van der Waals surface area contributed by atoms with Gasteiger partial charge in [0.05, 0.1) is 5.56 Å². The van der Waals surface area contributed by atoms with Crippen molar-refractivity contribution in [2.24, 2.45) is 5.92 Å². The summed E-state index contributed by atoms with van der Waals surface area (Å²) in [5.41, 5.74) is 1.68. The lowest BCUT2D eigenvalue weighted by atomic mass is 9.91. The number of likely N-dealkylation sites (tertiary alicyclic amines) is 1. The molecule has 2 heterocycles. The molecule has 0 radical (unpaired) electrons. The summed E-state index contributed by atoms with van der Waals surface area (Å²) in [7, 11) is 0. The van der Waals surface area contributed by atoms with Gasteiger partial charge in [-0.15, -0.1) is 0 Å². The molecule has 2 N–H and O–H groups in total. The quantitative estimate of drug-likeness (QED) is 0.874. The third-order valence-corrected chi connectivity index (χ3v) is 4.99. The second kappa shape index (κ2) is 7.78. The molecule has 1 fully saturated rings. The van der Waals surface area contributed by atoms with Gasteiger partial charge in [-0.2, -0.15) is 0 Å². The van der Waals surface area contributed by atoms with Crippen molar-refractivity contribution in [2.75, 3.05) is 13.1 Å². The number of halogens is 1. The van der Waals surface area contributed by atoms with Crippen molar-refractivity contribution >= 4 is 0 Å². The van der Waals surface area contributed by atoms with Crippen LogP contribution in [0, 0.1) is 18.7 Å². The van der Waals surface area contributed by atoms with Crippen molar-refractivity contribution < 1.29 is 4.39 Å². The van der Waals surface area contributed by atoms with E-state index in [9.17, 15) is 14.0 Å². The molecule has 1 atom stereocenters. The summed E-state index contributed by atoms with van der Waals surface area (Å²) in [6.45, 7) is 4.23. The highest BCUT2D eigenvalue weighted by Gasteiger charge is 2.21. The Hall–Kier alpha value is -2.21. The smallest absolute Gasteiger partial charge is 0.311 e. The molecule has 0 saturated carbocycles. The van der Waals surface area contributed by atoms with Crippen LogP contribution in [-0.4, -0.2) is 28.0 Å². The minimum Gasteiger partial charge on any atom is -0.311 e. The van der Waals surface area contributed by atoms with E-state index in [-0.39, 0.29) is 11.4 Å². The average Bonchev–Trinajstić information content (AvgIpc) is 2.58. The first kappa shape index (κ1) is 17.6. The highest BCUT2D eigenvalue weighted by Crippen LogP contribution is 2.22. The molecule has 134 valence electrons. The summed E-state index contributed by atoms with van der Waals surface area (Å²) < 4.78 is 13.0. The Morgan fingerprint density at radius 2 is 1.96 bits per heavy atom. The van der Waals surface area contributed by atoms with Crippen molar-refractivity contribution in [2.45, 2.75) is 39.2 Å². The van der Waals surface area contributed by atoms with E-state index in [0.717, 1.165) is 37.9 Å². The summed E-state index contributed by atoms with van der Waals surface area (Å²) in [5, 5.41) is 0. The van der Waals surface area contributed by atoms with Gasteiger partial charge in [0, 0.05) is 18.8 Å². The van der Waals surface area contributed by atoms with Gasteiger partial charge in [0.25, 0.3) is 5.56 Å². The first-order chi connectivity index (χ1) is 12.0. The number of hydrogen-bond donors (Lipinski definition) is 2. The third-order valence-electron chi connectivity index (χ3n) is 4.99. The Labute approximate surface area is 145 Å². The fraction of sp³-hybridized carbons (Fsp3) is 0.474. The summed E-state index contributed by atoms with van der Waals surface area (Å²) in [6.07, 6.45) is 4.28. The molecule has 3 rings (SSSR count). The second-order valence-electron chi connectivity index (χ2n) is 6.92. The van der Waals surface area contributed by atoms with Crippen LogP contribution < -0.4 is 11.2 Å². The largest absolute Gasteiger partial charge is 0.325 e. The zero-order chi connectivity index (χ0) is 17.8. The maximum Gasteiger partial charge on any atom is 0.325 e. The van der Waals surface area contributed by atoms with Gasteiger partial charge in [-0.3, -0.25) is 14.7 Å². The molecular formula is C19H24FN3O2. The van der Waals surface area contributed by atoms with E-state index >= 15 is 0 Å². The van der Waals surface area contributed by atoms with Crippen molar-refractivity contribution in [3.63, 3.8) is 0 Å². The highest BCUT2D eigenvalue weighted by atomic mass is 19.1. The second-order valence-corrected chi connectivity index (χ2v) is 6.92. The van der Waals surface area contributed by atoms with Gasteiger partial charge >= 0.3 is 5.69 Å². The molecule has 1 aromatic carbocycles. The molecule has 0 bridgehead atoms. The Morgan fingerprint density at radius 3 is 2.68 bits per heavy atom. The van der Waals surface area contributed by atoms with Gasteiger partial charge < -0.3 is 4.98 Å². The maximum absolute atomic E-state index is 13.0. The van der Waals surface area contributed by atoms with Crippen LogP contribution in [0.1, 0.15) is 36.1 Å². The molecule has 25 heavy (non-hydrogen) atoms. The first-order valence-electron chi connectivity index (χ1n) is 8.80. The topological polar surface area (TPSA) is 69.0 Å². The Bertz CT molecular complexity index is 826. The van der Waals surface area contributed by atoms with Gasteiger partial charge in [0.1, 0.15) is 5.82 Å². The normalized spacial score (nSPS) is 18.4. The number of rotatable bonds is 5. The molecule has 2 aromatic rings. The number of aromatic amines is 2. The van der Waals surface area contributed by atoms with Crippen LogP contribution in [0.15, 0.2) is 33.9 Å². The first-order valence-corrected chi connectivity index (χ1v) is 8.80. The summed E-state index contributed by atoms with van der Waals surface area (Å²) >= 11 is 0. The van der Waals surface area contributed by atoms with E-state index in [1.54, 1.807) is 6.92 Å². The molecule has 1 aliphatic rings. The highest BCUT2D eigenvalue weighted by molar-refractivity contribution is 5.16. The molecule has 6 heteroatoms. The van der Waals surface area contributed by atoms with Crippen LogP contribution in [-0.2, 0) is 13.0 Å². The van der Waals surface area contributed by atoms with Crippen LogP contribution in [0.25, 0.3) is 0 Å². The fourth-order valence-electron chi connectivity index (χ4n) is 3.59. The van der Waals surface area contributed by atoms with E-state index in [1.165, 1.54) is 18.6 Å². The molecule has 5 nitrogen and oxygen atoms in total. The SMILES string of the molecule is Cc1[nH]c(=O)[nH]c(=O)c1CN1CCCC(CCc2ccc(F)cc2)C1. The summed E-state index contributed by atoms with van der Waals surface area (Å²) in [5.74, 6) is 0.370. The molecule has 0 aliphatic carbocycles. The van der Waals surface area contributed by atoms with Gasteiger partial charge in [-0.1, -0.05) is 12.1 Å². The maximum atomic E-state index is 13.0. The van der Waals surface area contributed by atoms with Crippen molar-refractivity contribution in [1.29, 1.82) is 0 Å². The predicted octanol–water partition coefficient (Wildman–Crippen LogP) is 2.36. The molecule has 1 saturated heterocycles. The minimum atomic E-state index is -0.456. The lowest BCUT2D eigenvalue weighted by molar-refractivity contribution is 0.161. The van der Waals surface area contributed by atoms with E-state index in [2.05, 4.69) is 14.9 Å². The van der Waals surface area contributed by atoms with E-state index in [0.29, 0.717) is 23.7 Å². The molecule has 1 aliphatic heterocycles. The van der Waals surface area contributed by atoms with E-state index in [1.807, 2.05) is 12.1 Å². The standard InChI is InChI=1S/C19H24FN3O2/c1-13-17(18(24)22-19(25)21-13)12-23-10-2-3-15(11-23)5-4-14-6-8-16(20)9-7-14/h6-9,15H,2-5,10-12H2,1H3,(H2,21,22,24,25). The minimum absolute atomic E-state index is 0.200. The van der Waals surface area contributed by atoms with Crippen LogP contribution in [0.4, 0.5) is 4.39 Å². The zero-order valence-electron chi connectivity index (χ0n) is 14.5. The van der Waals surface area contributed by atoms with Crippen molar-refractivity contribution in [3.8, 4) is 0 Å². The lowest BCUT2D eigenvalue weighted by Crippen LogP contribution is -2.38. The number of nitrogens with one attached hydrogen (secondary N) is 2. The van der Waals surface area contributed by atoms with E-state index < -0.39 is 5.69 Å². The number of aryl methyl sites for hydroxylation is 2. The summed E-state index contributed by atoms with van der Waals surface area (Å²) in [6, 6.07) is 6.71. The molecule has 1 aromatic heterocycles.